The summed E-state index contributed by atoms with van der Waals surface area (Å²) in [5.74, 6) is 1.21. The molecule has 0 bridgehead atoms. The summed E-state index contributed by atoms with van der Waals surface area (Å²) in [6, 6.07) is 10.4. The number of hydrogen-bond acceptors (Lipinski definition) is 2. The fraction of sp³-hybridized carbons (Fsp3) is 0.308. The Balaban J connectivity index is 1.99. The molecule has 0 spiro atoms. The third-order valence-electron chi connectivity index (χ3n) is 3.08. The monoisotopic (exact) mass is 213 g/mol. The number of hydrogen-bond donors (Lipinski definition) is 0. The Bertz CT molecular complexity index is 455. The maximum Gasteiger partial charge on any atom is 0.133 e. The fourth-order valence-electron chi connectivity index (χ4n) is 2.26. The highest BCUT2D eigenvalue weighted by atomic mass is 15.3. The molecule has 16 heavy (non-hydrogen) atoms. The molecule has 0 amide bonds. The Morgan fingerprint density at radius 2 is 1.75 bits per heavy atom. The lowest BCUT2D eigenvalue weighted by molar-refractivity contribution is 0.900. The Morgan fingerprint density at radius 1 is 1.00 bits per heavy atom. The molecule has 1 fully saturated rings. The Kier molecular flexibility index (Phi) is 2.37. The molecule has 0 saturated carbocycles. The van der Waals surface area contributed by atoms with E-state index >= 15 is 0 Å². The molecular formula is C13H15N3. The molecule has 3 rings (SSSR count). The van der Waals surface area contributed by atoms with Crippen molar-refractivity contribution < 1.29 is 0 Å². The molecule has 0 unspecified atom stereocenters. The number of imidazole rings is 1. The zero-order chi connectivity index (χ0) is 10.8. The molecule has 0 aliphatic carbocycles. The number of para-hydroxylation sites is 1. The maximum atomic E-state index is 4.26. The predicted molar refractivity (Wildman–Crippen MR) is 65.0 cm³/mol. The minimum absolute atomic E-state index is 1.15. The molecule has 0 radical (unpaired) electrons. The van der Waals surface area contributed by atoms with Gasteiger partial charge in [0.05, 0.1) is 6.20 Å². The molecule has 2 aromatic rings. The van der Waals surface area contributed by atoms with Crippen LogP contribution in [0.5, 0.6) is 0 Å². The van der Waals surface area contributed by atoms with E-state index in [0.29, 0.717) is 0 Å². The molecule has 1 aliphatic heterocycles. The van der Waals surface area contributed by atoms with Gasteiger partial charge in [-0.2, -0.15) is 0 Å². The lowest BCUT2D eigenvalue weighted by Crippen LogP contribution is -2.20. The first-order valence-electron chi connectivity index (χ1n) is 5.78. The highest BCUT2D eigenvalue weighted by Crippen LogP contribution is 2.22. The van der Waals surface area contributed by atoms with Crippen LogP contribution in [-0.4, -0.2) is 22.6 Å². The molecule has 3 nitrogen and oxygen atoms in total. The maximum absolute atomic E-state index is 4.26. The van der Waals surface area contributed by atoms with Gasteiger partial charge >= 0.3 is 0 Å². The van der Waals surface area contributed by atoms with Crippen molar-refractivity contribution in [3.63, 3.8) is 0 Å². The lowest BCUT2D eigenvalue weighted by atomic mass is 10.3. The lowest BCUT2D eigenvalue weighted by Gasteiger charge is -2.18. The van der Waals surface area contributed by atoms with Crippen molar-refractivity contribution in [2.24, 2.45) is 0 Å². The highest BCUT2D eigenvalue weighted by Gasteiger charge is 2.16. The number of rotatable bonds is 2. The molecule has 1 saturated heterocycles. The van der Waals surface area contributed by atoms with E-state index in [1.807, 2.05) is 18.6 Å². The standard InChI is InChI=1S/C13H15N3/c1-2-6-12(7-3-1)16-11-14-10-13(16)15-8-4-5-9-15/h1-3,6-7,10-11H,4-5,8-9H2. The molecule has 1 aromatic heterocycles. The number of aromatic nitrogens is 2. The second-order valence-electron chi connectivity index (χ2n) is 4.15. The van der Waals surface area contributed by atoms with Gasteiger partial charge < -0.3 is 4.90 Å². The second-order valence-corrected chi connectivity index (χ2v) is 4.15. The predicted octanol–water partition coefficient (Wildman–Crippen LogP) is 2.47. The summed E-state index contributed by atoms with van der Waals surface area (Å²) in [5, 5.41) is 0. The van der Waals surface area contributed by atoms with Gasteiger partial charge in [-0.15, -0.1) is 0 Å². The second kappa shape index (κ2) is 4.00. The van der Waals surface area contributed by atoms with Crippen molar-refractivity contribution in [2.75, 3.05) is 18.0 Å². The van der Waals surface area contributed by atoms with E-state index in [-0.39, 0.29) is 0 Å². The van der Waals surface area contributed by atoms with Gasteiger partial charge in [-0.05, 0) is 25.0 Å². The van der Waals surface area contributed by atoms with E-state index in [4.69, 9.17) is 0 Å². The van der Waals surface area contributed by atoms with Gasteiger partial charge in [0.2, 0.25) is 0 Å². The Labute approximate surface area is 95.3 Å². The van der Waals surface area contributed by atoms with E-state index in [1.165, 1.54) is 24.3 Å². The summed E-state index contributed by atoms with van der Waals surface area (Å²) in [4.78, 5) is 6.67. The van der Waals surface area contributed by atoms with Crippen molar-refractivity contribution in [2.45, 2.75) is 12.8 Å². The minimum atomic E-state index is 1.15. The summed E-state index contributed by atoms with van der Waals surface area (Å²) in [5.41, 5.74) is 1.18. The molecule has 3 heteroatoms. The van der Waals surface area contributed by atoms with Crippen LogP contribution in [0.2, 0.25) is 0 Å². The average Bonchev–Trinajstić information content (AvgIpc) is 3.01. The third kappa shape index (κ3) is 1.58. The van der Waals surface area contributed by atoms with Crippen molar-refractivity contribution in [1.82, 2.24) is 9.55 Å². The first-order chi connectivity index (χ1) is 7.95. The van der Waals surface area contributed by atoms with Crippen molar-refractivity contribution in [3.8, 4) is 5.69 Å². The van der Waals surface area contributed by atoms with Crippen LogP contribution < -0.4 is 4.90 Å². The normalized spacial score (nSPS) is 15.6. The van der Waals surface area contributed by atoms with E-state index in [0.717, 1.165) is 13.1 Å². The van der Waals surface area contributed by atoms with E-state index < -0.39 is 0 Å². The SMILES string of the molecule is c1ccc(-n2cncc2N2CCCC2)cc1. The van der Waals surface area contributed by atoms with E-state index in [9.17, 15) is 0 Å². The van der Waals surface area contributed by atoms with Crippen molar-refractivity contribution in [3.05, 3.63) is 42.9 Å². The van der Waals surface area contributed by atoms with Crippen molar-refractivity contribution >= 4 is 5.82 Å². The van der Waals surface area contributed by atoms with Crippen LogP contribution in [0.15, 0.2) is 42.9 Å². The Morgan fingerprint density at radius 3 is 2.50 bits per heavy atom. The molecule has 2 heterocycles. The first kappa shape index (κ1) is 9.46. The van der Waals surface area contributed by atoms with Crippen molar-refractivity contribution in [1.29, 1.82) is 0 Å². The van der Waals surface area contributed by atoms with Gasteiger partial charge in [0, 0.05) is 18.8 Å². The van der Waals surface area contributed by atoms with Crippen LogP contribution in [0.25, 0.3) is 5.69 Å². The van der Waals surface area contributed by atoms with Crippen LogP contribution in [0, 0.1) is 0 Å². The highest BCUT2D eigenvalue weighted by molar-refractivity contribution is 5.47. The smallest absolute Gasteiger partial charge is 0.133 e. The fourth-order valence-corrected chi connectivity index (χ4v) is 2.26. The van der Waals surface area contributed by atoms with Gasteiger partial charge in [-0.3, -0.25) is 4.57 Å². The summed E-state index contributed by atoms with van der Waals surface area (Å²) in [6.07, 6.45) is 6.43. The average molecular weight is 213 g/mol. The topological polar surface area (TPSA) is 21.1 Å². The molecule has 0 N–H and O–H groups in total. The van der Waals surface area contributed by atoms with E-state index in [1.54, 1.807) is 0 Å². The molecule has 82 valence electrons. The largest absolute Gasteiger partial charge is 0.356 e. The first-order valence-corrected chi connectivity index (χ1v) is 5.78. The van der Waals surface area contributed by atoms with Crippen LogP contribution in [0.3, 0.4) is 0 Å². The van der Waals surface area contributed by atoms with Gasteiger partial charge in [0.1, 0.15) is 12.1 Å². The number of anilines is 1. The zero-order valence-electron chi connectivity index (χ0n) is 9.21. The van der Waals surface area contributed by atoms with Crippen LogP contribution in [-0.2, 0) is 0 Å². The number of nitrogens with zero attached hydrogens (tertiary/aromatic N) is 3. The summed E-state index contributed by atoms with van der Waals surface area (Å²) in [7, 11) is 0. The minimum Gasteiger partial charge on any atom is -0.356 e. The molecule has 1 aromatic carbocycles. The summed E-state index contributed by atoms with van der Waals surface area (Å²) >= 11 is 0. The molecule has 0 atom stereocenters. The summed E-state index contributed by atoms with van der Waals surface area (Å²) < 4.78 is 2.16. The molecular weight excluding hydrogens is 198 g/mol. The molecule has 1 aliphatic rings. The third-order valence-corrected chi connectivity index (χ3v) is 3.08. The quantitative estimate of drug-likeness (QED) is 0.764. The van der Waals surface area contributed by atoms with Crippen LogP contribution >= 0.6 is 0 Å². The van der Waals surface area contributed by atoms with Gasteiger partial charge in [0.15, 0.2) is 0 Å². The van der Waals surface area contributed by atoms with Gasteiger partial charge in [0.25, 0.3) is 0 Å². The zero-order valence-corrected chi connectivity index (χ0v) is 9.21. The Hall–Kier alpha value is -1.77. The number of benzene rings is 1. The van der Waals surface area contributed by atoms with Gasteiger partial charge in [-0.1, -0.05) is 18.2 Å². The van der Waals surface area contributed by atoms with Crippen LogP contribution in [0.4, 0.5) is 5.82 Å². The van der Waals surface area contributed by atoms with Gasteiger partial charge in [-0.25, -0.2) is 4.98 Å². The van der Waals surface area contributed by atoms with Crippen LogP contribution in [0.1, 0.15) is 12.8 Å². The summed E-state index contributed by atoms with van der Waals surface area (Å²) in [6.45, 7) is 2.30. The van der Waals surface area contributed by atoms with E-state index in [2.05, 4.69) is 38.7 Å².